The Kier molecular flexibility index (Phi) is 4.95. The molecular formula is C16H15ClN2O2. The van der Waals surface area contributed by atoms with E-state index in [2.05, 4.69) is 10.6 Å². The second-order valence-corrected chi connectivity index (χ2v) is 5.05. The van der Waals surface area contributed by atoms with Gasteiger partial charge in [-0.25, -0.2) is 0 Å². The highest BCUT2D eigenvalue weighted by Gasteiger charge is 2.04. The zero-order valence-electron chi connectivity index (χ0n) is 11.5. The van der Waals surface area contributed by atoms with Crippen LogP contribution in [0, 0.1) is 0 Å². The normalized spacial score (nSPS) is 10.0. The fourth-order valence-electron chi connectivity index (χ4n) is 1.83. The predicted molar refractivity (Wildman–Crippen MR) is 84.5 cm³/mol. The number of benzene rings is 2. The molecule has 108 valence electrons. The number of halogens is 1. The van der Waals surface area contributed by atoms with Gasteiger partial charge in [0.1, 0.15) is 0 Å². The standard InChI is InChI=1S/C16H15ClN2O2/c1-11(20)18-14-6-2-12(3-7-14)10-16(21)19-15-8-4-13(17)5-9-15/h2-9H,10H2,1H3,(H,18,20)(H,19,21). The summed E-state index contributed by atoms with van der Waals surface area (Å²) in [6.45, 7) is 1.45. The van der Waals surface area contributed by atoms with Gasteiger partial charge in [0.2, 0.25) is 11.8 Å². The van der Waals surface area contributed by atoms with E-state index in [4.69, 9.17) is 11.6 Å². The molecule has 0 fully saturated rings. The lowest BCUT2D eigenvalue weighted by molar-refractivity contribution is -0.116. The van der Waals surface area contributed by atoms with Crippen LogP contribution in [-0.2, 0) is 16.0 Å². The van der Waals surface area contributed by atoms with Crippen LogP contribution in [0.15, 0.2) is 48.5 Å². The number of nitrogens with one attached hydrogen (secondary N) is 2. The average Bonchev–Trinajstić information content (AvgIpc) is 2.43. The summed E-state index contributed by atoms with van der Waals surface area (Å²) in [6.07, 6.45) is 0.267. The average molecular weight is 303 g/mol. The van der Waals surface area contributed by atoms with Crippen LogP contribution < -0.4 is 10.6 Å². The molecule has 2 aromatic rings. The van der Waals surface area contributed by atoms with Gasteiger partial charge in [0.05, 0.1) is 6.42 Å². The van der Waals surface area contributed by atoms with Crippen LogP contribution in [0.1, 0.15) is 12.5 Å². The minimum absolute atomic E-state index is 0.107. The van der Waals surface area contributed by atoms with E-state index in [1.807, 2.05) is 12.1 Å². The lowest BCUT2D eigenvalue weighted by Crippen LogP contribution is -2.14. The highest BCUT2D eigenvalue weighted by Crippen LogP contribution is 2.14. The molecule has 2 aromatic carbocycles. The maximum Gasteiger partial charge on any atom is 0.228 e. The highest BCUT2D eigenvalue weighted by molar-refractivity contribution is 6.30. The zero-order valence-corrected chi connectivity index (χ0v) is 12.3. The zero-order chi connectivity index (χ0) is 15.2. The Hall–Kier alpha value is -2.33. The van der Waals surface area contributed by atoms with E-state index in [1.165, 1.54) is 6.92 Å². The summed E-state index contributed by atoms with van der Waals surface area (Å²) in [4.78, 5) is 22.8. The van der Waals surface area contributed by atoms with Crippen LogP contribution in [0.2, 0.25) is 5.02 Å². The molecule has 0 saturated heterocycles. The molecular weight excluding hydrogens is 288 g/mol. The second-order valence-electron chi connectivity index (χ2n) is 4.61. The molecule has 4 nitrogen and oxygen atoms in total. The largest absolute Gasteiger partial charge is 0.326 e. The Bertz CT molecular complexity index is 636. The van der Waals surface area contributed by atoms with Gasteiger partial charge in [0.25, 0.3) is 0 Å². The Morgan fingerprint density at radius 1 is 0.905 bits per heavy atom. The number of anilines is 2. The summed E-state index contributed by atoms with van der Waals surface area (Å²) in [5, 5.41) is 6.10. The molecule has 0 saturated carbocycles. The van der Waals surface area contributed by atoms with Gasteiger partial charge in [-0.2, -0.15) is 0 Å². The van der Waals surface area contributed by atoms with E-state index in [9.17, 15) is 9.59 Å². The van der Waals surface area contributed by atoms with Crippen molar-refractivity contribution < 1.29 is 9.59 Å². The van der Waals surface area contributed by atoms with E-state index in [-0.39, 0.29) is 18.2 Å². The number of hydrogen-bond donors (Lipinski definition) is 2. The van der Waals surface area contributed by atoms with Crippen molar-refractivity contribution >= 4 is 34.8 Å². The molecule has 0 aliphatic carbocycles. The molecule has 2 amide bonds. The lowest BCUT2D eigenvalue weighted by Gasteiger charge is -2.06. The first kappa shape index (κ1) is 15.1. The van der Waals surface area contributed by atoms with Crippen LogP contribution in [0.25, 0.3) is 0 Å². The topological polar surface area (TPSA) is 58.2 Å². The smallest absolute Gasteiger partial charge is 0.228 e. The number of carbonyl (C=O) groups is 2. The molecule has 21 heavy (non-hydrogen) atoms. The summed E-state index contributed by atoms with van der Waals surface area (Å²) in [5.41, 5.74) is 2.29. The molecule has 2 rings (SSSR count). The van der Waals surface area contributed by atoms with Crippen LogP contribution >= 0.6 is 11.6 Å². The van der Waals surface area contributed by atoms with Gasteiger partial charge in [0.15, 0.2) is 0 Å². The Labute approximate surface area is 128 Å². The molecule has 0 radical (unpaired) electrons. The van der Waals surface area contributed by atoms with Crippen molar-refractivity contribution in [3.8, 4) is 0 Å². The van der Waals surface area contributed by atoms with Crippen LogP contribution in [0.3, 0.4) is 0 Å². The van der Waals surface area contributed by atoms with Crippen LogP contribution in [-0.4, -0.2) is 11.8 Å². The Balaban J connectivity index is 1.93. The number of rotatable bonds is 4. The molecule has 0 bridgehead atoms. The van der Waals surface area contributed by atoms with Crippen molar-refractivity contribution in [1.29, 1.82) is 0 Å². The lowest BCUT2D eigenvalue weighted by atomic mass is 10.1. The maximum absolute atomic E-state index is 11.9. The van der Waals surface area contributed by atoms with Gasteiger partial charge in [0, 0.05) is 23.3 Å². The van der Waals surface area contributed by atoms with E-state index >= 15 is 0 Å². The third-order valence-corrected chi connectivity index (χ3v) is 3.02. The SMILES string of the molecule is CC(=O)Nc1ccc(CC(=O)Nc2ccc(Cl)cc2)cc1. The Morgan fingerprint density at radius 3 is 2.00 bits per heavy atom. The number of amides is 2. The minimum atomic E-state index is -0.122. The number of carbonyl (C=O) groups excluding carboxylic acids is 2. The van der Waals surface area contributed by atoms with Crippen molar-refractivity contribution in [3.63, 3.8) is 0 Å². The molecule has 0 spiro atoms. The molecule has 5 heteroatoms. The maximum atomic E-state index is 11.9. The van der Waals surface area contributed by atoms with Gasteiger partial charge in [-0.3, -0.25) is 9.59 Å². The van der Waals surface area contributed by atoms with Gasteiger partial charge >= 0.3 is 0 Å². The third kappa shape index (κ3) is 4.93. The molecule has 0 aliphatic heterocycles. The fourth-order valence-corrected chi connectivity index (χ4v) is 1.96. The van der Waals surface area contributed by atoms with E-state index in [0.29, 0.717) is 16.4 Å². The molecule has 0 unspecified atom stereocenters. The van der Waals surface area contributed by atoms with Gasteiger partial charge < -0.3 is 10.6 Å². The molecule has 0 aromatic heterocycles. The molecule has 0 aliphatic rings. The van der Waals surface area contributed by atoms with Crippen LogP contribution in [0.5, 0.6) is 0 Å². The first-order valence-corrected chi connectivity index (χ1v) is 6.83. The first-order chi connectivity index (χ1) is 10.0. The van der Waals surface area contributed by atoms with E-state index in [0.717, 1.165) is 5.56 Å². The summed E-state index contributed by atoms with van der Waals surface area (Å²) in [7, 11) is 0. The van der Waals surface area contributed by atoms with Crippen molar-refractivity contribution in [2.75, 3.05) is 10.6 Å². The summed E-state index contributed by atoms with van der Waals surface area (Å²) < 4.78 is 0. The predicted octanol–water partition coefficient (Wildman–Crippen LogP) is 3.48. The fraction of sp³-hybridized carbons (Fsp3) is 0.125. The number of hydrogen-bond acceptors (Lipinski definition) is 2. The van der Waals surface area contributed by atoms with Crippen molar-refractivity contribution in [2.45, 2.75) is 13.3 Å². The summed E-state index contributed by atoms with van der Waals surface area (Å²) >= 11 is 5.79. The van der Waals surface area contributed by atoms with Crippen LogP contribution in [0.4, 0.5) is 11.4 Å². The quantitative estimate of drug-likeness (QED) is 0.908. The van der Waals surface area contributed by atoms with Crippen molar-refractivity contribution in [1.82, 2.24) is 0 Å². The van der Waals surface area contributed by atoms with Crippen molar-refractivity contribution in [3.05, 3.63) is 59.1 Å². The third-order valence-electron chi connectivity index (χ3n) is 2.77. The minimum Gasteiger partial charge on any atom is -0.326 e. The van der Waals surface area contributed by atoms with Crippen molar-refractivity contribution in [2.24, 2.45) is 0 Å². The van der Waals surface area contributed by atoms with Gasteiger partial charge in [-0.15, -0.1) is 0 Å². The summed E-state index contributed by atoms with van der Waals surface area (Å²) in [6, 6.07) is 14.1. The molecule has 0 heterocycles. The molecule has 0 atom stereocenters. The van der Waals surface area contributed by atoms with E-state index < -0.39 is 0 Å². The van der Waals surface area contributed by atoms with E-state index in [1.54, 1.807) is 36.4 Å². The second kappa shape index (κ2) is 6.90. The Morgan fingerprint density at radius 2 is 1.43 bits per heavy atom. The highest BCUT2D eigenvalue weighted by atomic mass is 35.5. The summed E-state index contributed by atoms with van der Waals surface area (Å²) in [5.74, 6) is -0.229. The van der Waals surface area contributed by atoms with Gasteiger partial charge in [-0.1, -0.05) is 23.7 Å². The van der Waals surface area contributed by atoms with Gasteiger partial charge in [-0.05, 0) is 42.0 Å². The monoisotopic (exact) mass is 302 g/mol. The first-order valence-electron chi connectivity index (χ1n) is 6.45. The molecule has 2 N–H and O–H groups in total.